The third-order valence-corrected chi connectivity index (χ3v) is 4.35. The molecule has 0 spiro atoms. The van der Waals surface area contributed by atoms with Crippen LogP contribution in [0.4, 0.5) is 5.69 Å². The number of hydrogen-bond acceptors (Lipinski definition) is 5. The van der Waals surface area contributed by atoms with Crippen LogP contribution in [0.5, 0.6) is 0 Å². The van der Waals surface area contributed by atoms with E-state index in [0.29, 0.717) is 15.6 Å². The van der Waals surface area contributed by atoms with Crippen molar-refractivity contribution < 1.29 is 19.1 Å². The Bertz CT molecular complexity index is 769. The summed E-state index contributed by atoms with van der Waals surface area (Å²) in [5.41, 5.74) is 1.41. The van der Waals surface area contributed by atoms with Gasteiger partial charge in [0.1, 0.15) is 4.88 Å². The second-order valence-electron chi connectivity index (χ2n) is 4.80. The number of carbonyl (C=O) groups is 3. The molecule has 1 aromatic heterocycles. The molecule has 23 heavy (non-hydrogen) atoms. The van der Waals surface area contributed by atoms with Crippen LogP contribution in [0.1, 0.15) is 31.8 Å². The Morgan fingerprint density at radius 2 is 1.87 bits per heavy atom. The van der Waals surface area contributed by atoms with Gasteiger partial charge in [-0.3, -0.25) is 9.59 Å². The smallest absolute Gasteiger partial charge is 0.348 e. The zero-order valence-electron chi connectivity index (χ0n) is 12.5. The first-order valence-electron chi connectivity index (χ1n) is 6.70. The van der Waals surface area contributed by atoms with Crippen molar-refractivity contribution in [3.05, 3.63) is 50.7 Å². The Morgan fingerprint density at radius 1 is 1.17 bits per heavy atom. The first kappa shape index (κ1) is 17.2. The Kier molecular flexibility index (Phi) is 5.52. The van der Waals surface area contributed by atoms with Gasteiger partial charge in [0.25, 0.3) is 5.91 Å². The van der Waals surface area contributed by atoms with E-state index in [9.17, 15) is 14.4 Å². The number of aryl methyl sites for hydroxylation is 1. The van der Waals surface area contributed by atoms with Crippen molar-refractivity contribution >= 4 is 46.3 Å². The molecule has 2 aromatic rings. The molecule has 0 bridgehead atoms. The number of anilines is 1. The molecule has 2 rings (SSSR count). The lowest BCUT2D eigenvalue weighted by Crippen LogP contribution is -2.21. The van der Waals surface area contributed by atoms with Gasteiger partial charge in [0.05, 0.1) is 4.88 Å². The molecule has 120 valence electrons. The van der Waals surface area contributed by atoms with Gasteiger partial charge in [-0.2, -0.15) is 0 Å². The van der Waals surface area contributed by atoms with Crippen LogP contribution >= 0.6 is 22.9 Å². The summed E-state index contributed by atoms with van der Waals surface area (Å²) in [5.74, 6) is -1.21. The monoisotopic (exact) mass is 351 g/mol. The fourth-order valence-electron chi connectivity index (χ4n) is 1.79. The van der Waals surface area contributed by atoms with E-state index in [1.54, 1.807) is 24.3 Å². The minimum atomic E-state index is -0.634. The number of thiophene rings is 1. The van der Waals surface area contributed by atoms with Gasteiger partial charge in [0.2, 0.25) is 0 Å². The van der Waals surface area contributed by atoms with Gasteiger partial charge < -0.3 is 10.1 Å². The van der Waals surface area contributed by atoms with Crippen LogP contribution in [0.3, 0.4) is 0 Å². The Morgan fingerprint density at radius 3 is 2.48 bits per heavy atom. The van der Waals surface area contributed by atoms with E-state index >= 15 is 0 Å². The van der Waals surface area contributed by atoms with Gasteiger partial charge in [-0.15, -0.1) is 11.3 Å². The predicted molar refractivity (Wildman–Crippen MR) is 89.4 cm³/mol. The molecule has 0 aliphatic rings. The fourth-order valence-corrected chi connectivity index (χ4v) is 2.81. The van der Waals surface area contributed by atoms with Crippen LogP contribution in [0, 0.1) is 6.92 Å². The molecule has 0 aliphatic carbocycles. The number of benzene rings is 1. The summed E-state index contributed by atoms with van der Waals surface area (Å²) in [5, 5.41) is 3.22. The average Bonchev–Trinajstić information content (AvgIpc) is 2.98. The summed E-state index contributed by atoms with van der Waals surface area (Å²) < 4.78 is 4.94. The number of ketones is 1. The number of carbonyl (C=O) groups excluding carboxylic acids is 3. The van der Waals surface area contributed by atoms with Crippen molar-refractivity contribution in [3.63, 3.8) is 0 Å². The fraction of sp³-hybridized carbons (Fsp3) is 0.188. The highest BCUT2D eigenvalue weighted by atomic mass is 35.5. The van der Waals surface area contributed by atoms with E-state index in [2.05, 4.69) is 5.32 Å². The van der Waals surface area contributed by atoms with E-state index in [1.807, 2.05) is 6.92 Å². The highest BCUT2D eigenvalue weighted by Crippen LogP contribution is 2.20. The second kappa shape index (κ2) is 7.39. The summed E-state index contributed by atoms with van der Waals surface area (Å²) in [7, 11) is 0. The molecule has 7 heteroatoms. The summed E-state index contributed by atoms with van der Waals surface area (Å²) in [4.78, 5) is 35.6. The van der Waals surface area contributed by atoms with E-state index in [-0.39, 0.29) is 10.7 Å². The molecular weight excluding hydrogens is 338 g/mol. The van der Waals surface area contributed by atoms with Crippen LogP contribution in [0.25, 0.3) is 0 Å². The van der Waals surface area contributed by atoms with Gasteiger partial charge in [0.15, 0.2) is 12.4 Å². The minimum Gasteiger partial charge on any atom is -0.451 e. The molecule has 1 aromatic carbocycles. The standard InChI is InChI=1S/C16H14ClNO4S/c1-9-7-11(17)3-4-12(9)18-15(20)8-22-16(21)14-6-5-13(23-14)10(2)19/h3-7H,8H2,1-2H3,(H,18,20). The van der Waals surface area contributed by atoms with Gasteiger partial charge in [-0.05, 0) is 49.7 Å². The SMILES string of the molecule is CC(=O)c1ccc(C(=O)OCC(=O)Nc2ccc(Cl)cc2C)s1. The molecule has 5 nitrogen and oxygen atoms in total. The second-order valence-corrected chi connectivity index (χ2v) is 6.32. The van der Waals surface area contributed by atoms with Crippen molar-refractivity contribution in [2.75, 3.05) is 11.9 Å². The number of hydrogen-bond donors (Lipinski definition) is 1. The lowest BCUT2D eigenvalue weighted by atomic mass is 10.2. The summed E-state index contributed by atoms with van der Waals surface area (Å²) in [6.07, 6.45) is 0. The van der Waals surface area contributed by atoms with Crippen LogP contribution in [0.2, 0.25) is 5.02 Å². The number of ether oxygens (including phenoxy) is 1. The van der Waals surface area contributed by atoms with Crippen molar-refractivity contribution in [2.24, 2.45) is 0 Å². The van der Waals surface area contributed by atoms with Gasteiger partial charge in [0, 0.05) is 10.7 Å². The van der Waals surface area contributed by atoms with Crippen molar-refractivity contribution in [1.82, 2.24) is 0 Å². The first-order valence-corrected chi connectivity index (χ1v) is 7.90. The van der Waals surface area contributed by atoms with Crippen LogP contribution in [-0.4, -0.2) is 24.3 Å². The highest BCUT2D eigenvalue weighted by Gasteiger charge is 2.14. The van der Waals surface area contributed by atoms with Gasteiger partial charge >= 0.3 is 5.97 Å². The van der Waals surface area contributed by atoms with Crippen LogP contribution < -0.4 is 5.32 Å². The Labute approximate surface area is 142 Å². The lowest BCUT2D eigenvalue weighted by molar-refractivity contribution is -0.119. The topological polar surface area (TPSA) is 72.5 Å². The molecule has 0 saturated heterocycles. The molecule has 0 radical (unpaired) electrons. The maximum atomic E-state index is 11.8. The van der Waals surface area contributed by atoms with E-state index in [1.165, 1.54) is 13.0 Å². The molecule has 0 aliphatic heterocycles. The van der Waals surface area contributed by atoms with E-state index in [0.717, 1.165) is 16.9 Å². The van der Waals surface area contributed by atoms with Crippen molar-refractivity contribution in [2.45, 2.75) is 13.8 Å². The van der Waals surface area contributed by atoms with E-state index < -0.39 is 18.5 Å². The first-order chi connectivity index (χ1) is 10.9. The van der Waals surface area contributed by atoms with Crippen LogP contribution in [0.15, 0.2) is 30.3 Å². The molecule has 0 saturated carbocycles. The maximum Gasteiger partial charge on any atom is 0.348 e. The summed E-state index contributed by atoms with van der Waals surface area (Å²) >= 11 is 6.88. The zero-order valence-corrected chi connectivity index (χ0v) is 14.1. The molecule has 0 unspecified atom stereocenters. The maximum absolute atomic E-state index is 11.8. The van der Waals surface area contributed by atoms with Gasteiger partial charge in [-0.1, -0.05) is 11.6 Å². The Balaban J connectivity index is 1.90. The third kappa shape index (κ3) is 4.64. The lowest BCUT2D eigenvalue weighted by Gasteiger charge is -2.08. The number of nitrogens with one attached hydrogen (secondary N) is 1. The number of rotatable bonds is 5. The van der Waals surface area contributed by atoms with Crippen LogP contribution in [-0.2, 0) is 9.53 Å². The molecule has 1 amide bonds. The Hall–Kier alpha value is -2.18. The number of esters is 1. The highest BCUT2D eigenvalue weighted by molar-refractivity contribution is 7.15. The molecule has 0 fully saturated rings. The largest absolute Gasteiger partial charge is 0.451 e. The average molecular weight is 352 g/mol. The molecular formula is C16H14ClNO4S. The third-order valence-electron chi connectivity index (χ3n) is 2.95. The van der Waals surface area contributed by atoms with Crippen molar-refractivity contribution in [3.8, 4) is 0 Å². The zero-order chi connectivity index (χ0) is 17.0. The molecule has 1 heterocycles. The number of Topliss-reactive ketones (excluding diaryl/α,β-unsaturated/α-hetero) is 1. The van der Waals surface area contributed by atoms with Gasteiger partial charge in [-0.25, -0.2) is 4.79 Å². The molecule has 1 N–H and O–H groups in total. The quantitative estimate of drug-likeness (QED) is 0.658. The number of halogens is 1. The molecule has 0 atom stereocenters. The normalized spacial score (nSPS) is 10.2. The van der Waals surface area contributed by atoms with Crippen molar-refractivity contribution in [1.29, 1.82) is 0 Å². The predicted octanol–water partition coefficient (Wildman–Crippen LogP) is 3.71. The summed E-state index contributed by atoms with van der Waals surface area (Å²) in [6, 6.07) is 8.12. The number of amides is 1. The van der Waals surface area contributed by atoms with E-state index in [4.69, 9.17) is 16.3 Å². The minimum absolute atomic E-state index is 0.120. The summed E-state index contributed by atoms with van der Waals surface area (Å²) in [6.45, 7) is 2.82.